The fourth-order valence-electron chi connectivity index (χ4n) is 3.20. The van der Waals surface area contributed by atoms with Crippen molar-refractivity contribution < 1.29 is 13.2 Å². The molecule has 1 N–H and O–H groups in total. The van der Waals surface area contributed by atoms with Crippen molar-refractivity contribution in [1.82, 2.24) is 10.2 Å². The molecule has 0 amide bonds. The van der Waals surface area contributed by atoms with Crippen LogP contribution in [-0.4, -0.2) is 30.6 Å². The van der Waals surface area contributed by atoms with E-state index in [4.69, 9.17) is 0 Å². The molecule has 1 aromatic carbocycles. The number of piperidine rings is 1. The van der Waals surface area contributed by atoms with Crippen LogP contribution < -0.4 is 5.32 Å². The molecule has 1 saturated heterocycles. The summed E-state index contributed by atoms with van der Waals surface area (Å²) in [4.78, 5) is 2.26. The quantitative estimate of drug-likeness (QED) is 0.835. The third kappa shape index (κ3) is 5.78. The number of halogens is 3. The summed E-state index contributed by atoms with van der Waals surface area (Å²) in [6.45, 7) is 9.62. The van der Waals surface area contributed by atoms with Crippen LogP contribution in [0, 0.1) is 5.41 Å². The summed E-state index contributed by atoms with van der Waals surface area (Å²) in [6, 6.07) is 6.34. The SMILES string of the molecule is CC(C)(C)CCN(Cc1ccccc1C(F)(F)F)C1CCNCC1. The first-order chi connectivity index (χ1) is 11.2. The van der Waals surface area contributed by atoms with Crippen molar-refractivity contribution in [2.45, 2.75) is 58.8 Å². The fourth-order valence-corrected chi connectivity index (χ4v) is 3.20. The Balaban J connectivity index is 2.18. The van der Waals surface area contributed by atoms with Crippen LogP contribution in [0.5, 0.6) is 0 Å². The third-order valence-electron chi connectivity index (χ3n) is 4.67. The minimum absolute atomic E-state index is 0.175. The van der Waals surface area contributed by atoms with Crippen molar-refractivity contribution in [2.75, 3.05) is 19.6 Å². The van der Waals surface area contributed by atoms with E-state index in [0.29, 0.717) is 18.2 Å². The Hall–Kier alpha value is -1.07. The van der Waals surface area contributed by atoms with Gasteiger partial charge in [0.2, 0.25) is 0 Å². The fraction of sp³-hybridized carbons (Fsp3) is 0.684. The van der Waals surface area contributed by atoms with Gasteiger partial charge in [-0.05, 0) is 55.9 Å². The highest BCUT2D eigenvalue weighted by Gasteiger charge is 2.34. The molecule has 1 aliphatic rings. The third-order valence-corrected chi connectivity index (χ3v) is 4.67. The number of hydrogen-bond acceptors (Lipinski definition) is 2. The van der Waals surface area contributed by atoms with Crippen LogP contribution in [0.25, 0.3) is 0 Å². The molecule has 136 valence electrons. The van der Waals surface area contributed by atoms with Crippen molar-refractivity contribution in [3.05, 3.63) is 35.4 Å². The molecule has 1 aromatic rings. The standard InChI is InChI=1S/C19H29F3N2/c1-18(2,3)10-13-24(16-8-11-23-12-9-16)14-15-6-4-5-7-17(15)19(20,21)22/h4-7,16,23H,8-14H2,1-3H3. The van der Waals surface area contributed by atoms with E-state index in [1.54, 1.807) is 12.1 Å². The molecule has 0 atom stereocenters. The van der Waals surface area contributed by atoms with E-state index < -0.39 is 11.7 Å². The summed E-state index contributed by atoms with van der Waals surface area (Å²) in [7, 11) is 0. The van der Waals surface area contributed by atoms with E-state index in [-0.39, 0.29) is 5.41 Å². The highest BCUT2D eigenvalue weighted by molar-refractivity contribution is 5.29. The van der Waals surface area contributed by atoms with E-state index >= 15 is 0 Å². The molecule has 1 heterocycles. The van der Waals surface area contributed by atoms with Crippen LogP contribution >= 0.6 is 0 Å². The van der Waals surface area contributed by atoms with Crippen LogP contribution in [0.4, 0.5) is 13.2 Å². The molecule has 0 spiro atoms. The number of nitrogens with zero attached hydrogens (tertiary/aromatic N) is 1. The lowest BCUT2D eigenvalue weighted by Gasteiger charge is -2.36. The molecule has 0 bridgehead atoms. The first-order valence-corrected chi connectivity index (χ1v) is 8.77. The van der Waals surface area contributed by atoms with Gasteiger partial charge in [0.05, 0.1) is 5.56 Å². The van der Waals surface area contributed by atoms with E-state index in [1.807, 2.05) is 0 Å². The van der Waals surface area contributed by atoms with Crippen LogP contribution in [0.15, 0.2) is 24.3 Å². The Morgan fingerprint density at radius 2 is 1.71 bits per heavy atom. The first kappa shape index (κ1) is 19.3. The zero-order valence-electron chi connectivity index (χ0n) is 14.9. The highest BCUT2D eigenvalue weighted by Crippen LogP contribution is 2.33. The van der Waals surface area contributed by atoms with Crippen molar-refractivity contribution in [2.24, 2.45) is 5.41 Å². The largest absolute Gasteiger partial charge is 0.416 e. The minimum Gasteiger partial charge on any atom is -0.317 e. The lowest BCUT2D eigenvalue weighted by Crippen LogP contribution is -2.44. The molecular weight excluding hydrogens is 313 g/mol. The summed E-state index contributed by atoms with van der Waals surface area (Å²) in [5, 5.41) is 3.33. The number of hydrogen-bond donors (Lipinski definition) is 1. The molecule has 0 unspecified atom stereocenters. The molecule has 1 fully saturated rings. The number of rotatable bonds is 5. The second-order valence-corrected chi connectivity index (χ2v) is 7.92. The minimum atomic E-state index is -4.29. The van der Waals surface area contributed by atoms with Crippen molar-refractivity contribution >= 4 is 0 Å². The molecule has 2 rings (SSSR count). The van der Waals surface area contributed by atoms with Gasteiger partial charge in [0.15, 0.2) is 0 Å². The molecule has 24 heavy (non-hydrogen) atoms. The van der Waals surface area contributed by atoms with Crippen LogP contribution in [0.2, 0.25) is 0 Å². The van der Waals surface area contributed by atoms with Gasteiger partial charge >= 0.3 is 6.18 Å². The average Bonchev–Trinajstić information content (AvgIpc) is 2.51. The Kier molecular flexibility index (Phi) is 6.32. The van der Waals surface area contributed by atoms with Gasteiger partial charge in [-0.2, -0.15) is 13.2 Å². The predicted octanol–water partition coefficient (Wildman–Crippen LogP) is 4.70. The highest BCUT2D eigenvalue weighted by atomic mass is 19.4. The van der Waals surface area contributed by atoms with Crippen molar-refractivity contribution in [1.29, 1.82) is 0 Å². The van der Waals surface area contributed by atoms with E-state index in [1.165, 1.54) is 12.1 Å². The maximum Gasteiger partial charge on any atom is 0.416 e. The van der Waals surface area contributed by atoms with Gasteiger partial charge in [0, 0.05) is 12.6 Å². The second kappa shape index (κ2) is 7.87. The molecule has 5 heteroatoms. The molecule has 0 aliphatic carbocycles. The maximum atomic E-state index is 13.3. The van der Waals surface area contributed by atoms with Gasteiger partial charge in [-0.25, -0.2) is 0 Å². The molecule has 0 radical (unpaired) electrons. The van der Waals surface area contributed by atoms with Crippen LogP contribution in [0.1, 0.15) is 51.2 Å². The molecule has 2 nitrogen and oxygen atoms in total. The topological polar surface area (TPSA) is 15.3 Å². The number of nitrogens with one attached hydrogen (secondary N) is 1. The smallest absolute Gasteiger partial charge is 0.317 e. The van der Waals surface area contributed by atoms with Crippen molar-refractivity contribution in [3.8, 4) is 0 Å². The predicted molar refractivity (Wildman–Crippen MR) is 91.8 cm³/mol. The van der Waals surface area contributed by atoms with Gasteiger partial charge in [-0.15, -0.1) is 0 Å². The summed E-state index contributed by atoms with van der Waals surface area (Å²) >= 11 is 0. The molecular formula is C19H29F3N2. The Morgan fingerprint density at radius 1 is 1.08 bits per heavy atom. The summed E-state index contributed by atoms with van der Waals surface area (Å²) in [5.74, 6) is 0. The molecule has 0 aromatic heterocycles. The summed E-state index contributed by atoms with van der Waals surface area (Å²) in [6.07, 6.45) is -1.32. The molecule has 0 saturated carbocycles. The second-order valence-electron chi connectivity index (χ2n) is 7.92. The van der Waals surface area contributed by atoms with Gasteiger partial charge in [-0.3, -0.25) is 4.90 Å². The lowest BCUT2D eigenvalue weighted by molar-refractivity contribution is -0.138. The zero-order valence-corrected chi connectivity index (χ0v) is 14.9. The van der Waals surface area contributed by atoms with Crippen LogP contribution in [0.3, 0.4) is 0 Å². The van der Waals surface area contributed by atoms with Gasteiger partial charge in [0.25, 0.3) is 0 Å². The monoisotopic (exact) mass is 342 g/mol. The van der Waals surface area contributed by atoms with Crippen LogP contribution in [-0.2, 0) is 12.7 Å². The van der Waals surface area contributed by atoms with E-state index in [2.05, 4.69) is 31.0 Å². The Morgan fingerprint density at radius 3 is 2.29 bits per heavy atom. The van der Waals surface area contributed by atoms with E-state index in [9.17, 15) is 13.2 Å². The number of alkyl halides is 3. The summed E-state index contributed by atoms with van der Waals surface area (Å²) < 4.78 is 39.9. The zero-order chi connectivity index (χ0) is 17.8. The average molecular weight is 342 g/mol. The molecule has 1 aliphatic heterocycles. The van der Waals surface area contributed by atoms with Crippen molar-refractivity contribution in [3.63, 3.8) is 0 Å². The lowest BCUT2D eigenvalue weighted by atomic mass is 9.91. The summed E-state index contributed by atoms with van der Waals surface area (Å²) in [5.41, 5.74) is 0.0615. The van der Waals surface area contributed by atoms with E-state index in [0.717, 1.165) is 38.9 Å². The van der Waals surface area contributed by atoms with Gasteiger partial charge in [-0.1, -0.05) is 39.0 Å². The first-order valence-electron chi connectivity index (χ1n) is 8.77. The normalized spacial score (nSPS) is 17.5. The maximum absolute atomic E-state index is 13.3. The van der Waals surface area contributed by atoms with Gasteiger partial charge < -0.3 is 5.32 Å². The Labute approximate surface area is 143 Å². The Bertz CT molecular complexity index is 514. The van der Waals surface area contributed by atoms with Gasteiger partial charge in [0.1, 0.15) is 0 Å². The number of benzene rings is 1.